The van der Waals surface area contributed by atoms with E-state index in [2.05, 4.69) is 10.6 Å². The highest BCUT2D eigenvalue weighted by molar-refractivity contribution is 8.00. The van der Waals surface area contributed by atoms with Gasteiger partial charge in [0.15, 0.2) is 5.78 Å². The van der Waals surface area contributed by atoms with Crippen LogP contribution in [0, 0.1) is 0 Å². The van der Waals surface area contributed by atoms with Gasteiger partial charge in [-0.25, -0.2) is 0 Å². The van der Waals surface area contributed by atoms with Gasteiger partial charge in [-0.1, -0.05) is 48.0 Å². The lowest BCUT2D eigenvalue weighted by atomic mass is 10.1. The third-order valence-corrected chi connectivity index (χ3v) is 6.79. The van der Waals surface area contributed by atoms with Gasteiger partial charge in [-0.2, -0.15) is 0 Å². The van der Waals surface area contributed by atoms with Gasteiger partial charge < -0.3 is 15.4 Å². The van der Waals surface area contributed by atoms with Crippen molar-refractivity contribution in [3.05, 3.63) is 131 Å². The molecule has 39 heavy (non-hydrogen) atoms. The van der Waals surface area contributed by atoms with Gasteiger partial charge in [0.2, 0.25) is 0 Å². The number of hydrogen-bond acceptors (Lipinski definition) is 5. The van der Waals surface area contributed by atoms with Crippen LogP contribution in [-0.4, -0.2) is 30.5 Å². The molecule has 8 heteroatoms. The third-order valence-electron chi connectivity index (χ3n) is 5.56. The van der Waals surface area contributed by atoms with E-state index >= 15 is 0 Å². The summed E-state index contributed by atoms with van der Waals surface area (Å²) in [4.78, 5) is 39.5. The topological polar surface area (TPSA) is 84.5 Å². The zero-order chi connectivity index (χ0) is 27.6. The molecule has 2 amide bonds. The number of thioether (sulfide) groups is 1. The average molecular weight is 557 g/mol. The molecule has 0 saturated carbocycles. The molecule has 0 aliphatic heterocycles. The predicted octanol–water partition coefficient (Wildman–Crippen LogP) is 6.73. The normalized spacial score (nSPS) is 11.0. The van der Waals surface area contributed by atoms with E-state index in [4.69, 9.17) is 16.3 Å². The molecule has 4 aromatic rings. The number of Topliss-reactive ketones (excluding diaryl/α,β-unsaturated/α-hetero) is 1. The minimum atomic E-state index is -0.504. The van der Waals surface area contributed by atoms with Crippen LogP contribution in [0.15, 0.2) is 114 Å². The van der Waals surface area contributed by atoms with Crippen LogP contribution in [0.1, 0.15) is 26.3 Å². The molecule has 6 nitrogen and oxygen atoms in total. The molecule has 0 atom stereocenters. The van der Waals surface area contributed by atoms with Crippen molar-refractivity contribution < 1.29 is 19.1 Å². The van der Waals surface area contributed by atoms with E-state index in [0.29, 0.717) is 33.1 Å². The van der Waals surface area contributed by atoms with Gasteiger partial charge in [0.1, 0.15) is 11.4 Å². The van der Waals surface area contributed by atoms with Crippen LogP contribution in [0.3, 0.4) is 0 Å². The van der Waals surface area contributed by atoms with E-state index in [0.717, 1.165) is 4.90 Å². The van der Waals surface area contributed by atoms with E-state index in [-0.39, 0.29) is 17.2 Å². The van der Waals surface area contributed by atoms with E-state index in [9.17, 15) is 14.4 Å². The molecule has 2 N–H and O–H groups in total. The van der Waals surface area contributed by atoms with Crippen molar-refractivity contribution in [1.29, 1.82) is 0 Å². The minimum Gasteiger partial charge on any atom is -0.497 e. The molecule has 0 radical (unpaired) electrons. The maximum Gasteiger partial charge on any atom is 0.272 e. The molecule has 196 valence electrons. The fourth-order valence-corrected chi connectivity index (χ4v) is 4.62. The lowest BCUT2D eigenvalue weighted by molar-refractivity contribution is -0.113. The molecule has 0 unspecified atom stereocenters. The predicted molar refractivity (Wildman–Crippen MR) is 156 cm³/mol. The van der Waals surface area contributed by atoms with Gasteiger partial charge in [0.25, 0.3) is 11.8 Å². The number of nitrogens with one attached hydrogen (secondary N) is 2. The quantitative estimate of drug-likeness (QED) is 0.128. The SMILES string of the molecule is COc1ccc(C(=O)CSc2cccc(NC(=O)/C(=C/c3cccc(Cl)c3)NC(=O)c3ccccc3)c2)cc1. The maximum atomic E-state index is 13.3. The van der Waals surface area contributed by atoms with E-state index in [1.165, 1.54) is 11.8 Å². The van der Waals surface area contributed by atoms with Crippen molar-refractivity contribution in [3.63, 3.8) is 0 Å². The summed E-state index contributed by atoms with van der Waals surface area (Å²) in [5, 5.41) is 6.06. The summed E-state index contributed by atoms with van der Waals surface area (Å²) in [6.07, 6.45) is 1.56. The number of hydrogen-bond donors (Lipinski definition) is 2. The monoisotopic (exact) mass is 556 g/mol. The number of ether oxygens (including phenoxy) is 1. The van der Waals surface area contributed by atoms with Gasteiger partial charge in [0, 0.05) is 26.7 Å². The van der Waals surface area contributed by atoms with Crippen molar-refractivity contribution >= 4 is 52.7 Å². The van der Waals surface area contributed by atoms with E-state index in [1.54, 1.807) is 104 Å². The second kappa shape index (κ2) is 13.5. The number of rotatable bonds is 10. The fourth-order valence-electron chi connectivity index (χ4n) is 3.58. The molecule has 0 bridgehead atoms. The highest BCUT2D eigenvalue weighted by atomic mass is 35.5. The number of benzene rings is 4. The standard InChI is InChI=1S/C31H25ClN2O4S/c1-38-26-15-13-22(14-16-26)29(35)20-39-27-12-6-11-25(19-27)33-31(37)28(18-21-7-5-10-24(32)17-21)34-30(36)23-8-3-2-4-9-23/h2-19H,20H2,1H3,(H,33,37)(H,34,36)/b28-18-. The molecule has 0 aromatic heterocycles. The average Bonchev–Trinajstić information content (AvgIpc) is 2.96. The molecule has 0 saturated heterocycles. The number of halogens is 1. The summed E-state index contributed by atoms with van der Waals surface area (Å²) in [6, 6.07) is 29.7. The smallest absolute Gasteiger partial charge is 0.272 e. The molecule has 4 aromatic carbocycles. The first kappa shape index (κ1) is 27.7. The summed E-state index contributed by atoms with van der Waals surface area (Å²) >= 11 is 7.48. The number of carbonyl (C=O) groups excluding carboxylic acids is 3. The Morgan fingerprint density at radius 1 is 0.846 bits per heavy atom. The summed E-state index contributed by atoms with van der Waals surface area (Å²) in [7, 11) is 1.58. The molecular formula is C31H25ClN2O4S. The molecule has 0 fully saturated rings. The number of methoxy groups -OCH3 is 1. The number of ketones is 1. The number of carbonyl (C=O) groups is 3. The lowest BCUT2D eigenvalue weighted by Crippen LogP contribution is -2.30. The third kappa shape index (κ3) is 8.07. The Morgan fingerprint density at radius 3 is 2.31 bits per heavy atom. The summed E-state index contributed by atoms with van der Waals surface area (Å²) in [5.41, 5.74) is 2.24. The van der Waals surface area contributed by atoms with Crippen LogP contribution in [0.2, 0.25) is 5.02 Å². The van der Waals surface area contributed by atoms with Gasteiger partial charge in [-0.3, -0.25) is 14.4 Å². The number of amides is 2. The Bertz CT molecular complexity index is 1500. The van der Waals surface area contributed by atoms with Crippen molar-refractivity contribution in [2.75, 3.05) is 18.2 Å². The lowest BCUT2D eigenvalue weighted by Gasteiger charge is -2.12. The Hall–Kier alpha value is -4.33. The largest absolute Gasteiger partial charge is 0.497 e. The second-order valence-corrected chi connectivity index (χ2v) is 9.84. The Morgan fingerprint density at radius 2 is 1.59 bits per heavy atom. The molecule has 0 aliphatic rings. The Kier molecular flexibility index (Phi) is 9.56. The van der Waals surface area contributed by atoms with Crippen molar-refractivity contribution in [1.82, 2.24) is 5.32 Å². The zero-order valence-electron chi connectivity index (χ0n) is 21.0. The van der Waals surface area contributed by atoms with E-state index < -0.39 is 11.8 Å². The minimum absolute atomic E-state index is 0.0209. The van der Waals surface area contributed by atoms with Crippen molar-refractivity contribution in [2.24, 2.45) is 0 Å². The second-order valence-electron chi connectivity index (χ2n) is 8.36. The Labute approximate surface area is 236 Å². The first-order chi connectivity index (χ1) is 18.9. The number of anilines is 1. The van der Waals surface area contributed by atoms with Gasteiger partial charge in [-0.05, 0) is 78.4 Å². The van der Waals surface area contributed by atoms with Crippen molar-refractivity contribution in [2.45, 2.75) is 4.90 Å². The summed E-state index contributed by atoms with van der Waals surface area (Å²) in [5.74, 6) is -0.0218. The molecule has 0 spiro atoms. The van der Waals surface area contributed by atoms with Crippen LogP contribution in [0.5, 0.6) is 5.75 Å². The highest BCUT2D eigenvalue weighted by Crippen LogP contribution is 2.24. The van der Waals surface area contributed by atoms with Crippen LogP contribution in [0.4, 0.5) is 5.69 Å². The van der Waals surface area contributed by atoms with Crippen LogP contribution < -0.4 is 15.4 Å². The van der Waals surface area contributed by atoms with Crippen LogP contribution >= 0.6 is 23.4 Å². The highest BCUT2D eigenvalue weighted by Gasteiger charge is 2.16. The molecule has 0 aliphatic carbocycles. The molecule has 0 heterocycles. The maximum absolute atomic E-state index is 13.3. The van der Waals surface area contributed by atoms with Crippen LogP contribution in [-0.2, 0) is 4.79 Å². The summed E-state index contributed by atoms with van der Waals surface area (Å²) < 4.78 is 5.14. The molecule has 4 rings (SSSR count). The summed E-state index contributed by atoms with van der Waals surface area (Å²) in [6.45, 7) is 0. The van der Waals surface area contributed by atoms with Gasteiger partial charge in [-0.15, -0.1) is 11.8 Å². The van der Waals surface area contributed by atoms with Crippen LogP contribution in [0.25, 0.3) is 6.08 Å². The van der Waals surface area contributed by atoms with Crippen molar-refractivity contribution in [3.8, 4) is 5.75 Å². The Balaban J connectivity index is 1.47. The zero-order valence-corrected chi connectivity index (χ0v) is 22.6. The van der Waals surface area contributed by atoms with E-state index in [1.807, 2.05) is 12.1 Å². The van der Waals surface area contributed by atoms with Gasteiger partial charge in [0.05, 0.1) is 12.9 Å². The fraction of sp³-hybridized carbons (Fsp3) is 0.0645. The van der Waals surface area contributed by atoms with Gasteiger partial charge >= 0.3 is 0 Å². The first-order valence-corrected chi connectivity index (χ1v) is 13.3. The first-order valence-electron chi connectivity index (χ1n) is 12.0. The molecular weight excluding hydrogens is 532 g/mol.